The van der Waals surface area contributed by atoms with Crippen molar-refractivity contribution >= 4 is 5.91 Å². The summed E-state index contributed by atoms with van der Waals surface area (Å²) >= 11 is 0. The van der Waals surface area contributed by atoms with Crippen molar-refractivity contribution in [1.82, 2.24) is 25.1 Å². The molecule has 0 spiro atoms. The molecule has 1 fully saturated rings. The van der Waals surface area contributed by atoms with Gasteiger partial charge in [0.1, 0.15) is 12.2 Å². The zero-order valence-corrected chi connectivity index (χ0v) is 12.7. The van der Waals surface area contributed by atoms with Gasteiger partial charge < -0.3 is 9.88 Å². The summed E-state index contributed by atoms with van der Waals surface area (Å²) in [5.41, 5.74) is 2.50. The molecule has 0 aromatic carbocycles. The monoisotopic (exact) mass is 287 g/mol. The number of amides is 1. The molecule has 1 saturated carbocycles. The first-order valence-electron chi connectivity index (χ1n) is 7.42. The van der Waals surface area contributed by atoms with Gasteiger partial charge >= 0.3 is 0 Å². The minimum absolute atomic E-state index is 0.0288. The average molecular weight is 287 g/mol. The van der Waals surface area contributed by atoms with E-state index in [0.29, 0.717) is 0 Å². The summed E-state index contributed by atoms with van der Waals surface area (Å²) < 4.78 is 2.15. The molecule has 2 aromatic heterocycles. The second kappa shape index (κ2) is 5.02. The topological polar surface area (TPSA) is 75.6 Å². The lowest BCUT2D eigenvalue weighted by Gasteiger charge is -2.40. The van der Waals surface area contributed by atoms with Crippen LogP contribution in [-0.4, -0.2) is 25.7 Å². The number of H-pyrrole nitrogens is 1. The first kappa shape index (κ1) is 13.9. The van der Waals surface area contributed by atoms with E-state index in [9.17, 15) is 4.79 Å². The zero-order valence-electron chi connectivity index (χ0n) is 12.7. The molecule has 0 bridgehead atoms. The molecular weight excluding hydrogens is 266 g/mol. The van der Waals surface area contributed by atoms with Gasteiger partial charge in [-0.25, -0.2) is 4.98 Å². The SMILES string of the molecule is CCn1c(C)cc(C(=O)NC2(c3ncn[nH]3)CCC2)c1C. The van der Waals surface area contributed by atoms with E-state index in [1.54, 1.807) is 0 Å². The Balaban J connectivity index is 1.86. The van der Waals surface area contributed by atoms with E-state index in [1.807, 2.05) is 19.9 Å². The molecule has 0 saturated heterocycles. The number of aromatic nitrogens is 4. The van der Waals surface area contributed by atoms with Crippen molar-refractivity contribution in [3.05, 3.63) is 35.2 Å². The number of nitrogens with one attached hydrogen (secondary N) is 2. The number of hydrogen-bond acceptors (Lipinski definition) is 3. The maximum atomic E-state index is 12.7. The fourth-order valence-corrected chi connectivity index (χ4v) is 3.19. The van der Waals surface area contributed by atoms with Gasteiger partial charge in [0, 0.05) is 17.9 Å². The molecule has 0 atom stereocenters. The average Bonchev–Trinajstić information content (AvgIpc) is 3.02. The first-order valence-corrected chi connectivity index (χ1v) is 7.42. The van der Waals surface area contributed by atoms with Crippen molar-refractivity contribution in [1.29, 1.82) is 0 Å². The van der Waals surface area contributed by atoms with Crippen LogP contribution in [0.2, 0.25) is 0 Å². The van der Waals surface area contributed by atoms with E-state index >= 15 is 0 Å². The van der Waals surface area contributed by atoms with Gasteiger partial charge in [-0.05, 0) is 46.1 Å². The van der Waals surface area contributed by atoms with Gasteiger partial charge in [-0.3, -0.25) is 9.89 Å². The number of aromatic amines is 1. The number of carbonyl (C=O) groups is 1. The van der Waals surface area contributed by atoms with Crippen LogP contribution in [0, 0.1) is 13.8 Å². The minimum atomic E-state index is -0.373. The molecule has 112 valence electrons. The lowest BCUT2D eigenvalue weighted by molar-refractivity contribution is 0.0809. The predicted molar refractivity (Wildman–Crippen MR) is 79.0 cm³/mol. The molecule has 0 aliphatic heterocycles. The van der Waals surface area contributed by atoms with Crippen LogP contribution in [0.15, 0.2) is 12.4 Å². The van der Waals surface area contributed by atoms with Gasteiger partial charge in [0.15, 0.2) is 0 Å². The van der Waals surface area contributed by atoms with Crippen LogP contribution in [-0.2, 0) is 12.1 Å². The Bertz CT molecular complexity index is 652. The second-order valence-corrected chi connectivity index (χ2v) is 5.75. The molecule has 1 amide bonds. The molecule has 2 heterocycles. The van der Waals surface area contributed by atoms with Crippen LogP contribution in [0.3, 0.4) is 0 Å². The van der Waals surface area contributed by atoms with Crippen molar-refractivity contribution in [2.24, 2.45) is 0 Å². The Morgan fingerprint density at radius 2 is 2.24 bits per heavy atom. The summed E-state index contributed by atoms with van der Waals surface area (Å²) in [5, 5.41) is 9.97. The normalized spacial score (nSPS) is 16.5. The predicted octanol–water partition coefficient (Wildman–Crippen LogP) is 2.05. The quantitative estimate of drug-likeness (QED) is 0.903. The standard InChI is InChI=1S/C15H21N5O/c1-4-20-10(2)8-12(11(20)3)13(21)18-15(6-5-7-15)14-16-9-17-19-14/h8-9H,4-7H2,1-3H3,(H,18,21)(H,16,17,19). The molecule has 3 rings (SSSR count). The maximum Gasteiger partial charge on any atom is 0.253 e. The molecule has 6 heteroatoms. The summed E-state index contributed by atoms with van der Waals surface area (Å²) in [5.74, 6) is 0.727. The van der Waals surface area contributed by atoms with Gasteiger partial charge in [0.25, 0.3) is 5.91 Å². The summed E-state index contributed by atoms with van der Waals surface area (Å²) in [6, 6.07) is 1.96. The van der Waals surface area contributed by atoms with Crippen LogP contribution < -0.4 is 5.32 Å². The summed E-state index contributed by atoms with van der Waals surface area (Å²) in [4.78, 5) is 16.9. The van der Waals surface area contributed by atoms with Gasteiger partial charge in [0.05, 0.1) is 11.1 Å². The van der Waals surface area contributed by atoms with E-state index in [2.05, 4.69) is 32.0 Å². The van der Waals surface area contributed by atoms with Crippen molar-refractivity contribution < 1.29 is 4.79 Å². The highest BCUT2D eigenvalue weighted by atomic mass is 16.1. The number of aryl methyl sites for hydroxylation is 1. The summed E-state index contributed by atoms with van der Waals surface area (Å²) in [6.07, 6.45) is 4.39. The minimum Gasteiger partial charge on any atom is -0.349 e. The smallest absolute Gasteiger partial charge is 0.253 e. The molecule has 1 aliphatic carbocycles. The van der Waals surface area contributed by atoms with Gasteiger partial charge in [-0.15, -0.1) is 0 Å². The van der Waals surface area contributed by atoms with Crippen molar-refractivity contribution in [3.63, 3.8) is 0 Å². The largest absolute Gasteiger partial charge is 0.349 e. The van der Waals surface area contributed by atoms with Gasteiger partial charge in [-0.1, -0.05) is 0 Å². The molecule has 1 aliphatic rings. The molecule has 0 unspecified atom stereocenters. The van der Waals surface area contributed by atoms with E-state index < -0.39 is 0 Å². The van der Waals surface area contributed by atoms with Crippen molar-refractivity contribution in [2.45, 2.75) is 52.1 Å². The lowest BCUT2D eigenvalue weighted by atomic mass is 9.76. The van der Waals surface area contributed by atoms with E-state index in [0.717, 1.165) is 48.6 Å². The molecule has 0 radical (unpaired) electrons. The Labute approximate surface area is 124 Å². The van der Waals surface area contributed by atoms with E-state index in [1.165, 1.54) is 6.33 Å². The Hall–Kier alpha value is -2.11. The number of hydrogen-bond donors (Lipinski definition) is 2. The number of rotatable bonds is 4. The maximum absolute atomic E-state index is 12.7. The molecule has 2 N–H and O–H groups in total. The third-order valence-electron chi connectivity index (χ3n) is 4.56. The van der Waals surface area contributed by atoms with Crippen molar-refractivity contribution in [2.75, 3.05) is 0 Å². The van der Waals surface area contributed by atoms with E-state index in [-0.39, 0.29) is 11.4 Å². The molecule has 6 nitrogen and oxygen atoms in total. The first-order chi connectivity index (χ1) is 10.1. The number of nitrogens with zero attached hydrogens (tertiary/aromatic N) is 3. The molecule has 21 heavy (non-hydrogen) atoms. The second-order valence-electron chi connectivity index (χ2n) is 5.75. The fourth-order valence-electron chi connectivity index (χ4n) is 3.19. The van der Waals surface area contributed by atoms with E-state index in [4.69, 9.17) is 0 Å². The molecular formula is C15H21N5O. The Morgan fingerprint density at radius 3 is 2.71 bits per heavy atom. The van der Waals surface area contributed by atoms with Crippen LogP contribution in [0.25, 0.3) is 0 Å². The number of carbonyl (C=O) groups excluding carboxylic acids is 1. The van der Waals surface area contributed by atoms with Crippen LogP contribution in [0.4, 0.5) is 0 Å². The van der Waals surface area contributed by atoms with Gasteiger partial charge in [0.2, 0.25) is 0 Å². The third-order valence-corrected chi connectivity index (χ3v) is 4.56. The fraction of sp³-hybridized carbons (Fsp3) is 0.533. The summed E-state index contributed by atoms with van der Waals surface area (Å²) in [7, 11) is 0. The van der Waals surface area contributed by atoms with Gasteiger partial charge in [-0.2, -0.15) is 5.10 Å². The summed E-state index contributed by atoms with van der Waals surface area (Å²) in [6.45, 7) is 6.98. The Kier molecular flexibility index (Phi) is 3.31. The Morgan fingerprint density at radius 1 is 1.48 bits per heavy atom. The molecule has 2 aromatic rings. The van der Waals surface area contributed by atoms with Crippen LogP contribution in [0.1, 0.15) is 53.8 Å². The zero-order chi connectivity index (χ0) is 15.0. The van der Waals surface area contributed by atoms with Crippen LogP contribution >= 0.6 is 0 Å². The highest BCUT2D eigenvalue weighted by Gasteiger charge is 2.43. The van der Waals surface area contributed by atoms with Crippen LogP contribution in [0.5, 0.6) is 0 Å². The lowest BCUT2D eigenvalue weighted by Crippen LogP contribution is -2.51. The van der Waals surface area contributed by atoms with Crippen molar-refractivity contribution in [3.8, 4) is 0 Å². The third kappa shape index (κ3) is 2.14. The highest BCUT2D eigenvalue weighted by molar-refractivity contribution is 5.96. The highest BCUT2D eigenvalue weighted by Crippen LogP contribution is 2.39.